The third-order valence-electron chi connectivity index (χ3n) is 2.89. The molecule has 1 aromatic carbocycles. The van der Waals surface area contributed by atoms with Gasteiger partial charge in [0, 0.05) is 11.3 Å². The fourth-order valence-corrected chi connectivity index (χ4v) is 1.87. The number of carbonyl (C=O) groups excluding carboxylic acids is 1. The van der Waals surface area contributed by atoms with Crippen molar-refractivity contribution in [3.05, 3.63) is 35.4 Å². The number of nitrogens with zero attached hydrogens (tertiary/aromatic N) is 1. The Balaban J connectivity index is 2.63. The van der Waals surface area contributed by atoms with Crippen LogP contribution in [0.3, 0.4) is 0 Å². The molecular weight excluding hydrogens is 236 g/mol. The fourth-order valence-electron chi connectivity index (χ4n) is 1.87. The van der Waals surface area contributed by atoms with Crippen LogP contribution in [0.5, 0.6) is 0 Å². The van der Waals surface area contributed by atoms with Crippen LogP contribution in [0.25, 0.3) is 0 Å². The second kappa shape index (κ2) is 7.07. The molecule has 0 spiro atoms. The molecule has 1 rings (SSSR count). The number of hydrogen-bond acceptors (Lipinski definition) is 2. The molecule has 0 saturated heterocycles. The SMILES string of the molecule is C/C(CC(C)C)=N\NC(=O)c1ccc(C(C)C)cc1. The van der Waals surface area contributed by atoms with Crippen molar-refractivity contribution in [1.29, 1.82) is 0 Å². The minimum atomic E-state index is -0.154. The van der Waals surface area contributed by atoms with Crippen molar-refractivity contribution >= 4 is 11.6 Å². The van der Waals surface area contributed by atoms with Gasteiger partial charge in [0.1, 0.15) is 0 Å². The largest absolute Gasteiger partial charge is 0.271 e. The molecule has 0 heterocycles. The number of amides is 1. The van der Waals surface area contributed by atoms with Gasteiger partial charge in [-0.15, -0.1) is 0 Å². The highest BCUT2D eigenvalue weighted by molar-refractivity contribution is 5.95. The molecule has 104 valence electrons. The number of nitrogens with one attached hydrogen (secondary N) is 1. The number of hydrogen-bond donors (Lipinski definition) is 1. The zero-order valence-electron chi connectivity index (χ0n) is 12.5. The minimum absolute atomic E-state index is 0.154. The van der Waals surface area contributed by atoms with Crippen LogP contribution in [0.15, 0.2) is 29.4 Å². The molecule has 1 N–H and O–H groups in total. The first-order valence-electron chi connectivity index (χ1n) is 6.83. The molecule has 19 heavy (non-hydrogen) atoms. The van der Waals surface area contributed by atoms with E-state index in [1.54, 1.807) is 0 Å². The number of benzene rings is 1. The molecule has 0 fully saturated rings. The molecule has 0 bridgehead atoms. The van der Waals surface area contributed by atoms with E-state index in [1.165, 1.54) is 5.56 Å². The van der Waals surface area contributed by atoms with Gasteiger partial charge in [-0.3, -0.25) is 4.79 Å². The summed E-state index contributed by atoms with van der Waals surface area (Å²) in [4.78, 5) is 11.9. The van der Waals surface area contributed by atoms with Crippen molar-refractivity contribution in [1.82, 2.24) is 5.43 Å². The Morgan fingerprint density at radius 3 is 2.21 bits per heavy atom. The van der Waals surface area contributed by atoms with Gasteiger partial charge in [-0.05, 0) is 42.9 Å². The topological polar surface area (TPSA) is 41.5 Å². The Kier molecular flexibility index (Phi) is 5.74. The van der Waals surface area contributed by atoms with E-state index in [-0.39, 0.29) is 5.91 Å². The van der Waals surface area contributed by atoms with E-state index in [0.29, 0.717) is 17.4 Å². The van der Waals surface area contributed by atoms with E-state index in [0.717, 1.165) is 12.1 Å². The highest BCUT2D eigenvalue weighted by Gasteiger charge is 2.06. The van der Waals surface area contributed by atoms with Crippen molar-refractivity contribution in [2.45, 2.75) is 47.0 Å². The zero-order valence-corrected chi connectivity index (χ0v) is 12.5. The first kappa shape index (κ1) is 15.4. The normalized spacial score (nSPS) is 12.1. The summed E-state index contributed by atoms with van der Waals surface area (Å²) < 4.78 is 0. The summed E-state index contributed by atoms with van der Waals surface area (Å²) in [7, 11) is 0. The van der Waals surface area contributed by atoms with Crippen molar-refractivity contribution in [2.24, 2.45) is 11.0 Å². The smallest absolute Gasteiger partial charge is 0.267 e. The molecule has 3 nitrogen and oxygen atoms in total. The van der Waals surface area contributed by atoms with Crippen molar-refractivity contribution in [2.75, 3.05) is 0 Å². The number of hydrazone groups is 1. The molecule has 0 aliphatic rings. The van der Waals surface area contributed by atoms with E-state index in [1.807, 2.05) is 31.2 Å². The van der Waals surface area contributed by atoms with E-state index in [4.69, 9.17) is 0 Å². The lowest BCUT2D eigenvalue weighted by molar-refractivity contribution is 0.0954. The van der Waals surface area contributed by atoms with Gasteiger partial charge in [-0.1, -0.05) is 39.8 Å². The van der Waals surface area contributed by atoms with E-state index >= 15 is 0 Å². The standard InChI is InChI=1S/C16H24N2O/c1-11(2)10-13(5)17-18-16(19)15-8-6-14(7-9-15)12(3)4/h6-9,11-12H,10H2,1-5H3,(H,18,19)/b17-13+. The Hall–Kier alpha value is -1.64. The fraction of sp³-hybridized carbons (Fsp3) is 0.500. The van der Waals surface area contributed by atoms with Gasteiger partial charge in [-0.2, -0.15) is 5.10 Å². The van der Waals surface area contributed by atoms with Crippen LogP contribution in [-0.2, 0) is 0 Å². The molecule has 0 atom stereocenters. The third-order valence-corrected chi connectivity index (χ3v) is 2.89. The Bertz CT molecular complexity index is 444. The lowest BCUT2D eigenvalue weighted by Crippen LogP contribution is -2.19. The summed E-state index contributed by atoms with van der Waals surface area (Å²) in [6.07, 6.45) is 0.895. The highest BCUT2D eigenvalue weighted by Crippen LogP contribution is 2.14. The summed E-state index contributed by atoms with van der Waals surface area (Å²) in [6, 6.07) is 7.67. The van der Waals surface area contributed by atoms with Crippen molar-refractivity contribution < 1.29 is 4.79 Å². The van der Waals surface area contributed by atoms with Crippen LogP contribution in [-0.4, -0.2) is 11.6 Å². The highest BCUT2D eigenvalue weighted by atomic mass is 16.2. The van der Waals surface area contributed by atoms with E-state index in [2.05, 4.69) is 38.2 Å². The predicted molar refractivity (Wildman–Crippen MR) is 80.6 cm³/mol. The quantitative estimate of drug-likeness (QED) is 0.632. The first-order valence-corrected chi connectivity index (χ1v) is 6.83. The molecule has 0 aromatic heterocycles. The van der Waals surface area contributed by atoms with Gasteiger partial charge in [0.15, 0.2) is 0 Å². The monoisotopic (exact) mass is 260 g/mol. The number of rotatable bonds is 5. The van der Waals surface area contributed by atoms with Crippen LogP contribution >= 0.6 is 0 Å². The maximum absolute atomic E-state index is 11.9. The Morgan fingerprint density at radius 2 is 1.74 bits per heavy atom. The Labute approximate surface area is 116 Å². The molecule has 0 aliphatic heterocycles. The molecule has 0 unspecified atom stereocenters. The maximum atomic E-state index is 11.9. The lowest BCUT2D eigenvalue weighted by Gasteiger charge is -2.07. The van der Waals surface area contributed by atoms with Gasteiger partial charge >= 0.3 is 0 Å². The predicted octanol–water partition coefficient (Wildman–Crippen LogP) is 3.96. The van der Waals surface area contributed by atoms with Crippen LogP contribution in [0.4, 0.5) is 0 Å². The first-order chi connectivity index (χ1) is 8.90. The van der Waals surface area contributed by atoms with E-state index < -0.39 is 0 Å². The van der Waals surface area contributed by atoms with Crippen LogP contribution in [0, 0.1) is 5.92 Å². The van der Waals surface area contributed by atoms with Crippen LogP contribution < -0.4 is 5.43 Å². The molecule has 0 aliphatic carbocycles. The maximum Gasteiger partial charge on any atom is 0.271 e. The third kappa shape index (κ3) is 5.25. The molecule has 0 radical (unpaired) electrons. The van der Waals surface area contributed by atoms with Crippen LogP contribution in [0.1, 0.15) is 62.9 Å². The summed E-state index contributed by atoms with van der Waals surface area (Å²) in [5, 5.41) is 4.12. The average molecular weight is 260 g/mol. The summed E-state index contributed by atoms with van der Waals surface area (Å²) in [5.41, 5.74) is 5.42. The van der Waals surface area contributed by atoms with Gasteiger partial charge in [-0.25, -0.2) is 5.43 Å². The zero-order chi connectivity index (χ0) is 14.4. The second-order valence-electron chi connectivity index (χ2n) is 5.66. The van der Waals surface area contributed by atoms with E-state index in [9.17, 15) is 4.79 Å². The Morgan fingerprint density at radius 1 is 1.16 bits per heavy atom. The van der Waals surface area contributed by atoms with Crippen molar-refractivity contribution in [3.8, 4) is 0 Å². The van der Waals surface area contributed by atoms with Crippen LogP contribution in [0.2, 0.25) is 0 Å². The molecule has 3 heteroatoms. The lowest BCUT2D eigenvalue weighted by atomic mass is 10.0. The minimum Gasteiger partial charge on any atom is -0.267 e. The summed E-state index contributed by atoms with van der Waals surface area (Å²) >= 11 is 0. The molecule has 1 amide bonds. The van der Waals surface area contributed by atoms with Gasteiger partial charge in [0.2, 0.25) is 0 Å². The van der Waals surface area contributed by atoms with Gasteiger partial charge in [0.25, 0.3) is 5.91 Å². The second-order valence-corrected chi connectivity index (χ2v) is 5.66. The molecular formula is C16H24N2O. The summed E-state index contributed by atoms with van der Waals surface area (Å²) in [6.45, 7) is 10.5. The van der Waals surface area contributed by atoms with Gasteiger partial charge in [0.05, 0.1) is 0 Å². The molecule has 1 aromatic rings. The average Bonchev–Trinajstić information content (AvgIpc) is 2.35. The number of carbonyl (C=O) groups is 1. The van der Waals surface area contributed by atoms with Gasteiger partial charge < -0.3 is 0 Å². The molecule has 0 saturated carbocycles. The summed E-state index contributed by atoms with van der Waals surface area (Å²) in [5.74, 6) is 0.868. The van der Waals surface area contributed by atoms with Crippen molar-refractivity contribution in [3.63, 3.8) is 0 Å².